The van der Waals surface area contributed by atoms with Crippen LogP contribution in [-0.4, -0.2) is 14.5 Å². The first kappa shape index (κ1) is 17.0. The van der Waals surface area contributed by atoms with Crippen molar-refractivity contribution in [1.82, 2.24) is 0 Å². The Morgan fingerprint density at radius 2 is 1.75 bits per heavy atom. The average Bonchev–Trinajstić information content (AvgIpc) is 2.38. The first-order chi connectivity index (χ1) is 9.34. The molecule has 3 N–H and O–H groups in total. The fourth-order valence-electron chi connectivity index (χ4n) is 2.15. The quantitative estimate of drug-likeness (QED) is 0.774. The maximum atomic E-state index is 11.0. The molecule has 1 aromatic carbocycles. The van der Waals surface area contributed by atoms with Crippen LogP contribution in [0.5, 0.6) is 0 Å². The largest absolute Gasteiger partial charge is 0.382 e. The summed E-state index contributed by atoms with van der Waals surface area (Å²) in [5.41, 5.74) is 1.74. The van der Waals surface area contributed by atoms with E-state index in [1.807, 2.05) is 24.3 Å². The van der Waals surface area contributed by atoms with Crippen molar-refractivity contribution in [2.24, 2.45) is 11.1 Å². The number of benzene rings is 1. The van der Waals surface area contributed by atoms with Gasteiger partial charge in [0, 0.05) is 11.7 Å². The SMILES string of the molecule is CCC(C)CC(CC)Nc1ccc(CS(N)(=O)=O)cc1. The highest BCUT2D eigenvalue weighted by Gasteiger charge is 2.10. The molecule has 114 valence electrons. The number of hydrogen-bond donors (Lipinski definition) is 2. The molecule has 2 unspecified atom stereocenters. The molecule has 0 saturated carbocycles. The third-order valence-electron chi connectivity index (χ3n) is 3.57. The van der Waals surface area contributed by atoms with E-state index >= 15 is 0 Å². The van der Waals surface area contributed by atoms with Crippen LogP contribution >= 0.6 is 0 Å². The number of primary sulfonamides is 1. The van der Waals surface area contributed by atoms with Gasteiger partial charge in [-0.05, 0) is 36.5 Å². The molecule has 0 aromatic heterocycles. The highest BCUT2D eigenvalue weighted by atomic mass is 32.2. The molecule has 2 atom stereocenters. The highest BCUT2D eigenvalue weighted by Crippen LogP contribution is 2.18. The molecule has 20 heavy (non-hydrogen) atoms. The van der Waals surface area contributed by atoms with Crippen LogP contribution in [0.15, 0.2) is 24.3 Å². The van der Waals surface area contributed by atoms with Gasteiger partial charge >= 0.3 is 0 Å². The highest BCUT2D eigenvalue weighted by molar-refractivity contribution is 7.88. The van der Waals surface area contributed by atoms with E-state index in [4.69, 9.17) is 5.14 Å². The fraction of sp³-hybridized carbons (Fsp3) is 0.600. The second-order valence-electron chi connectivity index (χ2n) is 5.50. The van der Waals surface area contributed by atoms with Crippen molar-refractivity contribution in [2.45, 2.75) is 51.8 Å². The molecule has 0 radical (unpaired) electrons. The average molecular weight is 298 g/mol. The summed E-state index contributed by atoms with van der Waals surface area (Å²) < 4.78 is 22.1. The van der Waals surface area contributed by atoms with Gasteiger partial charge in [-0.25, -0.2) is 13.6 Å². The maximum absolute atomic E-state index is 11.0. The molecule has 0 aliphatic carbocycles. The van der Waals surface area contributed by atoms with Crippen LogP contribution in [0.25, 0.3) is 0 Å². The minimum absolute atomic E-state index is 0.114. The molecule has 0 amide bonds. The minimum Gasteiger partial charge on any atom is -0.382 e. The molecule has 4 nitrogen and oxygen atoms in total. The van der Waals surface area contributed by atoms with Crippen molar-refractivity contribution >= 4 is 15.7 Å². The van der Waals surface area contributed by atoms with E-state index < -0.39 is 10.0 Å². The maximum Gasteiger partial charge on any atom is 0.213 e. The first-order valence-corrected chi connectivity index (χ1v) is 8.91. The zero-order valence-electron chi connectivity index (χ0n) is 12.6. The van der Waals surface area contributed by atoms with Gasteiger partial charge in [-0.3, -0.25) is 0 Å². The van der Waals surface area contributed by atoms with Gasteiger partial charge in [0.15, 0.2) is 0 Å². The second kappa shape index (κ2) is 7.64. The van der Waals surface area contributed by atoms with Gasteiger partial charge in [0.2, 0.25) is 10.0 Å². The van der Waals surface area contributed by atoms with Gasteiger partial charge in [0.25, 0.3) is 0 Å². The van der Waals surface area contributed by atoms with Crippen LogP contribution < -0.4 is 10.5 Å². The standard InChI is InChI=1S/C15H26N2O2S/c1-4-12(3)10-14(5-2)17-15-8-6-13(7-9-15)11-20(16,18)19/h6-9,12,14,17H,4-5,10-11H2,1-3H3,(H2,16,18,19). The topological polar surface area (TPSA) is 72.2 Å². The lowest BCUT2D eigenvalue weighted by atomic mass is 9.97. The molecule has 0 fully saturated rings. The lowest BCUT2D eigenvalue weighted by Gasteiger charge is -2.21. The summed E-state index contributed by atoms with van der Waals surface area (Å²) in [5, 5.41) is 8.54. The molecular formula is C15H26N2O2S. The predicted molar refractivity (Wildman–Crippen MR) is 85.0 cm³/mol. The van der Waals surface area contributed by atoms with Crippen molar-refractivity contribution in [1.29, 1.82) is 0 Å². The molecule has 0 bridgehead atoms. The molecular weight excluding hydrogens is 272 g/mol. The van der Waals surface area contributed by atoms with Gasteiger partial charge in [-0.2, -0.15) is 0 Å². The molecule has 5 heteroatoms. The van der Waals surface area contributed by atoms with E-state index in [-0.39, 0.29) is 5.75 Å². The molecule has 1 aromatic rings. The summed E-state index contributed by atoms with van der Waals surface area (Å²) in [5.74, 6) is 0.589. The lowest BCUT2D eigenvalue weighted by Crippen LogP contribution is -2.21. The van der Waals surface area contributed by atoms with Gasteiger partial charge in [-0.1, -0.05) is 39.3 Å². The van der Waals surface area contributed by atoms with Crippen LogP contribution in [0.1, 0.15) is 45.6 Å². The van der Waals surface area contributed by atoms with E-state index in [0.717, 1.165) is 18.5 Å². The zero-order chi connectivity index (χ0) is 15.2. The molecule has 1 rings (SSSR count). The molecule has 0 aliphatic heterocycles. The number of rotatable bonds is 8. The first-order valence-electron chi connectivity index (χ1n) is 7.20. The summed E-state index contributed by atoms with van der Waals surface area (Å²) in [6.07, 6.45) is 3.40. The van der Waals surface area contributed by atoms with Crippen LogP contribution in [0.4, 0.5) is 5.69 Å². The monoisotopic (exact) mass is 298 g/mol. The second-order valence-corrected chi connectivity index (χ2v) is 7.12. The van der Waals surface area contributed by atoms with Crippen LogP contribution in [-0.2, 0) is 15.8 Å². The zero-order valence-corrected chi connectivity index (χ0v) is 13.4. The smallest absolute Gasteiger partial charge is 0.213 e. The summed E-state index contributed by atoms with van der Waals surface area (Å²) in [6.45, 7) is 6.65. The summed E-state index contributed by atoms with van der Waals surface area (Å²) in [4.78, 5) is 0. The van der Waals surface area contributed by atoms with E-state index in [2.05, 4.69) is 26.1 Å². The van der Waals surface area contributed by atoms with Crippen molar-refractivity contribution in [3.05, 3.63) is 29.8 Å². The minimum atomic E-state index is -3.46. The predicted octanol–water partition coefficient (Wildman–Crippen LogP) is 3.10. The van der Waals surface area contributed by atoms with Gasteiger partial charge in [-0.15, -0.1) is 0 Å². The Kier molecular flexibility index (Phi) is 6.49. The third kappa shape index (κ3) is 6.39. The summed E-state index contributed by atoms with van der Waals surface area (Å²) in [7, 11) is -3.46. The Morgan fingerprint density at radius 1 is 1.15 bits per heavy atom. The lowest BCUT2D eigenvalue weighted by molar-refractivity contribution is 0.462. The van der Waals surface area contributed by atoms with E-state index in [0.29, 0.717) is 17.5 Å². The van der Waals surface area contributed by atoms with Crippen LogP contribution in [0.2, 0.25) is 0 Å². The molecule has 0 heterocycles. The Hall–Kier alpha value is -1.07. The summed E-state index contributed by atoms with van der Waals surface area (Å²) >= 11 is 0. The Labute approximate surface area is 122 Å². The van der Waals surface area contributed by atoms with Crippen molar-refractivity contribution < 1.29 is 8.42 Å². The van der Waals surface area contributed by atoms with Gasteiger partial charge in [0.05, 0.1) is 5.75 Å². The molecule has 0 saturated heterocycles. The van der Waals surface area contributed by atoms with E-state index in [1.165, 1.54) is 6.42 Å². The van der Waals surface area contributed by atoms with Crippen molar-refractivity contribution in [3.63, 3.8) is 0 Å². The Balaban J connectivity index is 2.64. The Bertz CT molecular complexity index is 497. The Morgan fingerprint density at radius 3 is 2.20 bits per heavy atom. The van der Waals surface area contributed by atoms with E-state index in [9.17, 15) is 8.42 Å². The van der Waals surface area contributed by atoms with Crippen molar-refractivity contribution in [3.8, 4) is 0 Å². The summed E-state index contributed by atoms with van der Waals surface area (Å²) in [6, 6.07) is 7.90. The molecule has 0 aliphatic rings. The van der Waals surface area contributed by atoms with Gasteiger partial charge in [0.1, 0.15) is 0 Å². The van der Waals surface area contributed by atoms with Gasteiger partial charge < -0.3 is 5.32 Å². The fourth-order valence-corrected chi connectivity index (χ4v) is 2.80. The molecule has 0 spiro atoms. The van der Waals surface area contributed by atoms with Crippen LogP contribution in [0, 0.1) is 5.92 Å². The number of nitrogens with one attached hydrogen (secondary N) is 1. The van der Waals surface area contributed by atoms with Crippen molar-refractivity contribution in [2.75, 3.05) is 5.32 Å². The third-order valence-corrected chi connectivity index (χ3v) is 4.30. The van der Waals surface area contributed by atoms with Crippen LogP contribution in [0.3, 0.4) is 0 Å². The number of hydrogen-bond acceptors (Lipinski definition) is 3. The number of sulfonamides is 1. The normalized spacial score (nSPS) is 14.8. The van der Waals surface area contributed by atoms with E-state index in [1.54, 1.807) is 0 Å². The number of anilines is 1. The number of nitrogens with two attached hydrogens (primary N) is 1.